The topological polar surface area (TPSA) is 58.5 Å². The highest BCUT2D eigenvalue weighted by atomic mass is 127. The molecule has 1 aromatic heterocycles. The van der Waals surface area contributed by atoms with Crippen LogP contribution in [0.5, 0.6) is 0 Å². The molecule has 0 fully saturated rings. The number of aromatic nitrogens is 1. The lowest BCUT2D eigenvalue weighted by molar-refractivity contribution is 0.195. The molecule has 1 heterocycles. The van der Waals surface area contributed by atoms with E-state index in [2.05, 4.69) is 26.0 Å². The Labute approximate surface area is 142 Å². The molecule has 1 aromatic rings. The van der Waals surface area contributed by atoms with E-state index in [1.807, 2.05) is 6.92 Å². The number of nitrogens with one attached hydrogen (secondary N) is 2. The van der Waals surface area contributed by atoms with Crippen LogP contribution in [0.3, 0.4) is 0 Å². The zero-order valence-corrected chi connectivity index (χ0v) is 15.6. The zero-order chi connectivity index (χ0) is 13.9. The number of hydrogen-bond donors (Lipinski definition) is 2. The van der Waals surface area contributed by atoms with E-state index in [1.165, 1.54) is 5.01 Å². The number of halogens is 1. The molecule has 0 saturated carbocycles. The summed E-state index contributed by atoms with van der Waals surface area (Å²) in [5, 5.41) is 9.86. The van der Waals surface area contributed by atoms with Crippen LogP contribution in [-0.4, -0.2) is 44.8 Å². The Bertz CT molecular complexity index is 384. The Morgan fingerprint density at radius 3 is 2.60 bits per heavy atom. The van der Waals surface area contributed by atoms with Crippen LogP contribution in [-0.2, 0) is 11.2 Å². The molecule has 0 aromatic carbocycles. The van der Waals surface area contributed by atoms with Crippen molar-refractivity contribution in [3.8, 4) is 0 Å². The monoisotopic (exact) mass is 412 g/mol. The van der Waals surface area contributed by atoms with Crippen molar-refractivity contribution in [1.29, 1.82) is 0 Å². The van der Waals surface area contributed by atoms with E-state index in [-0.39, 0.29) is 24.0 Å². The predicted octanol–water partition coefficient (Wildman–Crippen LogP) is 2.20. The van der Waals surface area contributed by atoms with Gasteiger partial charge in [0.1, 0.15) is 0 Å². The van der Waals surface area contributed by atoms with Crippen LogP contribution in [0, 0.1) is 6.92 Å². The molecule has 116 valence electrons. The van der Waals surface area contributed by atoms with Gasteiger partial charge in [-0.15, -0.1) is 35.3 Å². The van der Waals surface area contributed by atoms with E-state index in [9.17, 15) is 0 Å². The zero-order valence-electron chi connectivity index (χ0n) is 12.4. The molecule has 1 rings (SSSR count). The minimum Gasteiger partial charge on any atom is -0.385 e. The fraction of sp³-hybridized carbons (Fsp3) is 0.692. The fourth-order valence-electron chi connectivity index (χ4n) is 1.61. The number of thiazole rings is 1. The quantitative estimate of drug-likeness (QED) is 0.298. The van der Waals surface area contributed by atoms with Crippen LogP contribution in [0.25, 0.3) is 0 Å². The molecular weight excluding hydrogens is 387 g/mol. The Balaban J connectivity index is 0.00000361. The molecule has 0 aliphatic carbocycles. The van der Waals surface area contributed by atoms with Crippen molar-refractivity contribution in [2.45, 2.75) is 26.2 Å². The number of hydrogen-bond acceptors (Lipinski definition) is 4. The molecule has 0 aliphatic rings. The summed E-state index contributed by atoms with van der Waals surface area (Å²) < 4.78 is 5.00. The van der Waals surface area contributed by atoms with Gasteiger partial charge < -0.3 is 15.4 Å². The molecule has 20 heavy (non-hydrogen) atoms. The average Bonchev–Trinajstić information content (AvgIpc) is 2.82. The van der Waals surface area contributed by atoms with Gasteiger partial charge in [0.2, 0.25) is 0 Å². The predicted molar refractivity (Wildman–Crippen MR) is 96.4 cm³/mol. The number of aliphatic imine (C=N–C) groups is 1. The van der Waals surface area contributed by atoms with Crippen molar-refractivity contribution in [2.75, 3.05) is 33.9 Å². The smallest absolute Gasteiger partial charge is 0.190 e. The molecule has 0 bridgehead atoms. The second-order valence-corrected chi connectivity index (χ2v) is 5.20. The first-order valence-corrected chi connectivity index (χ1v) is 7.48. The Kier molecular flexibility index (Phi) is 12.1. The normalized spacial score (nSPS) is 11.1. The Morgan fingerprint density at radius 2 is 2.05 bits per heavy atom. The third kappa shape index (κ3) is 8.70. The third-order valence-corrected chi connectivity index (χ3v) is 3.59. The number of aryl methyl sites for hydroxylation is 2. The maximum atomic E-state index is 5.00. The van der Waals surface area contributed by atoms with Crippen LogP contribution in [0.1, 0.15) is 23.5 Å². The first kappa shape index (κ1) is 19.6. The van der Waals surface area contributed by atoms with E-state index in [1.54, 1.807) is 25.5 Å². The maximum absolute atomic E-state index is 5.00. The first-order valence-electron chi connectivity index (χ1n) is 6.60. The summed E-state index contributed by atoms with van der Waals surface area (Å²) in [4.78, 5) is 8.62. The first-order chi connectivity index (χ1) is 9.26. The summed E-state index contributed by atoms with van der Waals surface area (Å²) in [7, 11) is 3.50. The highest BCUT2D eigenvalue weighted by Gasteiger charge is 2.00. The lowest BCUT2D eigenvalue weighted by atomic mass is 10.3. The molecule has 7 heteroatoms. The van der Waals surface area contributed by atoms with Crippen LogP contribution >= 0.6 is 35.3 Å². The molecule has 0 spiro atoms. The summed E-state index contributed by atoms with van der Waals surface area (Å²) in [5.74, 6) is 0.853. The van der Waals surface area contributed by atoms with Gasteiger partial charge in [-0.2, -0.15) is 0 Å². The summed E-state index contributed by atoms with van der Waals surface area (Å²) in [6, 6.07) is 0. The molecule has 0 unspecified atom stereocenters. The highest BCUT2D eigenvalue weighted by Crippen LogP contribution is 2.10. The molecular formula is C13H25IN4OS. The van der Waals surface area contributed by atoms with Gasteiger partial charge in [-0.25, -0.2) is 4.98 Å². The summed E-state index contributed by atoms with van der Waals surface area (Å²) in [5.41, 5.74) is 1.11. The van der Waals surface area contributed by atoms with Crippen LogP contribution in [0.4, 0.5) is 0 Å². The summed E-state index contributed by atoms with van der Waals surface area (Å²) >= 11 is 1.73. The van der Waals surface area contributed by atoms with Gasteiger partial charge in [0.15, 0.2) is 5.96 Å². The van der Waals surface area contributed by atoms with Crippen molar-refractivity contribution in [3.05, 3.63) is 16.1 Å². The SMILES string of the molecule is CN=C(NCCCOC)NCCCc1nc(C)cs1.I. The fourth-order valence-corrected chi connectivity index (χ4v) is 2.43. The van der Waals surface area contributed by atoms with E-state index in [4.69, 9.17) is 4.74 Å². The number of ether oxygens (including phenoxy) is 1. The van der Waals surface area contributed by atoms with Gasteiger partial charge in [0.05, 0.1) is 5.01 Å². The van der Waals surface area contributed by atoms with E-state index < -0.39 is 0 Å². The minimum absolute atomic E-state index is 0. The van der Waals surface area contributed by atoms with Gasteiger partial charge in [0.25, 0.3) is 0 Å². The van der Waals surface area contributed by atoms with Crippen LogP contribution < -0.4 is 10.6 Å². The molecule has 0 amide bonds. The lowest BCUT2D eigenvalue weighted by Gasteiger charge is -2.11. The second kappa shape index (κ2) is 12.3. The van der Waals surface area contributed by atoms with Crippen molar-refractivity contribution >= 4 is 41.3 Å². The van der Waals surface area contributed by atoms with Gasteiger partial charge in [0, 0.05) is 51.3 Å². The molecule has 0 atom stereocenters. The summed E-state index contributed by atoms with van der Waals surface area (Å²) in [6.07, 6.45) is 3.06. The van der Waals surface area contributed by atoms with Crippen molar-refractivity contribution in [3.63, 3.8) is 0 Å². The second-order valence-electron chi connectivity index (χ2n) is 4.26. The lowest BCUT2D eigenvalue weighted by Crippen LogP contribution is -2.38. The van der Waals surface area contributed by atoms with Gasteiger partial charge in [-0.1, -0.05) is 0 Å². The molecule has 0 aliphatic heterocycles. The molecule has 2 N–H and O–H groups in total. The minimum atomic E-state index is 0. The van der Waals surface area contributed by atoms with E-state index >= 15 is 0 Å². The van der Waals surface area contributed by atoms with Crippen LogP contribution in [0.15, 0.2) is 10.4 Å². The third-order valence-electron chi connectivity index (χ3n) is 2.57. The molecule has 5 nitrogen and oxygen atoms in total. The number of methoxy groups -OCH3 is 1. The van der Waals surface area contributed by atoms with Crippen molar-refractivity contribution in [2.24, 2.45) is 4.99 Å². The number of nitrogens with zero attached hydrogens (tertiary/aromatic N) is 2. The highest BCUT2D eigenvalue weighted by molar-refractivity contribution is 14.0. The molecule has 0 saturated heterocycles. The van der Waals surface area contributed by atoms with Gasteiger partial charge >= 0.3 is 0 Å². The Hall–Kier alpha value is -0.410. The van der Waals surface area contributed by atoms with E-state index in [0.717, 1.165) is 50.6 Å². The van der Waals surface area contributed by atoms with Crippen molar-refractivity contribution < 1.29 is 4.74 Å². The van der Waals surface area contributed by atoms with Crippen molar-refractivity contribution in [1.82, 2.24) is 15.6 Å². The Morgan fingerprint density at radius 1 is 1.35 bits per heavy atom. The molecule has 0 radical (unpaired) electrons. The van der Waals surface area contributed by atoms with Gasteiger partial charge in [-0.3, -0.25) is 4.99 Å². The number of rotatable bonds is 8. The van der Waals surface area contributed by atoms with Crippen LogP contribution in [0.2, 0.25) is 0 Å². The average molecular weight is 412 g/mol. The van der Waals surface area contributed by atoms with E-state index in [0.29, 0.717) is 0 Å². The maximum Gasteiger partial charge on any atom is 0.190 e. The van der Waals surface area contributed by atoms with Gasteiger partial charge in [-0.05, 0) is 19.8 Å². The standard InChI is InChI=1S/C13H24N4OS.HI/c1-11-10-19-12(17-11)6-4-7-15-13(14-2)16-8-5-9-18-3;/h10H,4-9H2,1-3H3,(H2,14,15,16);1H. The largest absolute Gasteiger partial charge is 0.385 e. The summed E-state index contributed by atoms with van der Waals surface area (Å²) in [6.45, 7) is 4.58. The number of guanidine groups is 1.